The average Bonchev–Trinajstić information content (AvgIpc) is 3.06. The van der Waals surface area contributed by atoms with Gasteiger partial charge in [-0.1, -0.05) is 12.1 Å². The van der Waals surface area contributed by atoms with Gasteiger partial charge in [0.25, 0.3) is 5.91 Å². The number of carbonyl (C=O) groups is 1. The van der Waals surface area contributed by atoms with Crippen LogP contribution < -0.4 is 15.5 Å². The van der Waals surface area contributed by atoms with Crippen LogP contribution in [0.4, 0.5) is 11.5 Å². The number of nitrogens with two attached hydrogens (primary N) is 1. The first-order chi connectivity index (χ1) is 11.7. The SMILES string of the molecule is NC(=O)c1cc(N2CCN(c3nsc4ccccc34)CC2)ccn1. The van der Waals surface area contributed by atoms with Gasteiger partial charge in [0.2, 0.25) is 0 Å². The Morgan fingerprint density at radius 3 is 2.62 bits per heavy atom. The first-order valence-electron chi connectivity index (χ1n) is 7.82. The number of rotatable bonds is 3. The molecule has 1 fully saturated rings. The van der Waals surface area contributed by atoms with Crippen molar-refractivity contribution in [3.63, 3.8) is 0 Å². The summed E-state index contributed by atoms with van der Waals surface area (Å²) >= 11 is 1.55. The summed E-state index contributed by atoms with van der Waals surface area (Å²) < 4.78 is 5.85. The molecule has 1 aromatic carbocycles. The number of aromatic nitrogens is 2. The molecule has 24 heavy (non-hydrogen) atoms. The smallest absolute Gasteiger partial charge is 0.267 e. The number of primary amides is 1. The van der Waals surface area contributed by atoms with Gasteiger partial charge >= 0.3 is 0 Å². The number of benzene rings is 1. The summed E-state index contributed by atoms with van der Waals surface area (Å²) in [6.45, 7) is 3.52. The Morgan fingerprint density at radius 1 is 1.08 bits per heavy atom. The average molecular weight is 339 g/mol. The van der Waals surface area contributed by atoms with Crippen molar-refractivity contribution in [3.8, 4) is 0 Å². The zero-order valence-corrected chi connectivity index (χ0v) is 13.9. The minimum Gasteiger partial charge on any atom is -0.368 e. The highest BCUT2D eigenvalue weighted by Gasteiger charge is 2.21. The Kier molecular flexibility index (Phi) is 3.78. The lowest BCUT2D eigenvalue weighted by Crippen LogP contribution is -2.46. The third-order valence-corrected chi connectivity index (χ3v) is 5.12. The van der Waals surface area contributed by atoms with E-state index in [-0.39, 0.29) is 0 Å². The van der Waals surface area contributed by atoms with Crippen LogP contribution in [0.2, 0.25) is 0 Å². The van der Waals surface area contributed by atoms with Crippen molar-refractivity contribution in [2.45, 2.75) is 0 Å². The summed E-state index contributed by atoms with van der Waals surface area (Å²) in [6.07, 6.45) is 1.63. The Morgan fingerprint density at radius 2 is 1.83 bits per heavy atom. The first kappa shape index (κ1) is 14.9. The van der Waals surface area contributed by atoms with E-state index in [1.807, 2.05) is 12.1 Å². The fourth-order valence-electron chi connectivity index (χ4n) is 3.03. The zero-order chi connectivity index (χ0) is 16.5. The number of amides is 1. The summed E-state index contributed by atoms with van der Waals surface area (Å²) in [4.78, 5) is 19.9. The van der Waals surface area contributed by atoms with Crippen LogP contribution in [0.5, 0.6) is 0 Å². The summed E-state index contributed by atoms with van der Waals surface area (Å²) in [6, 6.07) is 12.0. The third kappa shape index (κ3) is 2.67. The number of hydrogen-bond acceptors (Lipinski definition) is 6. The molecule has 122 valence electrons. The molecule has 4 rings (SSSR count). The standard InChI is InChI=1S/C17H17N5OS/c18-16(23)14-11-12(5-6-19-14)21-7-9-22(10-8-21)17-13-3-1-2-4-15(13)24-20-17/h1-6,11H,7-10H2,(H2,18,23). The van der Waals surface area contributed by atoms with Crippen LogP contribution in [0.15, 0.2) is 42.6 Å². The molecule has 1 aliphatic rings. The second kappa shape index (κ2) is 6.09. The quantitative estimate of drug-likeness (QED) is 0.791. The molecule has 0 unspecified atom stereocenters. The van der Waals surface area contributed by atoms with Crippen LogP contribution in [-0.2, 0) is 0 Å². The van der Waals surface area contributed by atoms with Gasteiger partial charge in [0.1, 0.15) is 11.5 Å². The lowest BCUT2D eigenvalue weighted by Gasteiger charge is -2.36. The van der Waals surface area contributed by atoms with Crippen LogP contribution in [0, 0.1) is 0 Å². The number of pyridine rings is 1. The van der Waals surface area contributed by atoms with Gasteiger partial charge in [0.15, 0.2) is 0 Å². The molecule has 1 saturated heterocycles. The normalized spacial score (nSPS) is 15.0. The number of piperazine rings is 1. The summed E-state index contributed by atoms with van der Waals surface area (Å²) in [5.41, 5.74) is 6.61. The van der Waals surface area contributed by atoms with E-state index in [4.69, 9.17) is 5.73 Å². The molecular weight excluding hydrogens is 322 g/mol. The van der Waals surface area contributed by atoms with Gasteiger partial charge < -0.3 is 15.5 Å². The van der Waals surface area contributed by atoms with Gasteiger partial charge in [0.05, 0.1) is 4.70 Å². The largest absolute Gasteiger partial charge is 0.368 e. The predicted molar refractivity (Wildman–Crippen MR) is 96.8 cm³/mol. The third-order valence-electron chi connectivity index (χ3n) is 4.30. The maximum atomic E-state index is 11.3. The van der Waals surface area contributed by atoms with Crippen LogP contribution in [-0.4, -0.2) is 41.4 Å². The molecule has 0 bridgehead atoms. The van der Waals surface area contributed by atoms with Gasteiger partial charge in [0, 0.05) is 43.4 Å². The molecule has 0 aliphatic carbocycles. The monoisotopic (exact) mass is 339 g/mol. The highest BCUT2D eigenvalue weighted by Crippen LogP contribution is 2.30. The van der Waals surface area contributed by atoms with E-state index in [1.165, 1.54) is 10.1 Å². The lowest BCUT2D eigenvalue weighted by molar-refractivity contribution is 0.0995. The van der Waals surface area contributed by atoms with Crippen LogP contribution in [0.3, 0.4) is 0 Å². The van der Waals surface area contributed by atoms with Crippen LogP contribution >= 0.6 is 11.5 Å². The van der Waals surface area contributed by atoms with Crippen molar-refractivity contribution in [2.24, 2.45) is 5.73 Å². The predicted octanol–water partition coefficient (Wildman–Crippen LogP) is 2.12. The fourth-order valence-corrected chi connectivity index (χ4v) is 3.82. The second-order valence-electron chi connectivity index (χ2n) is 5.74. The van der Waals surface area contributed by atoms with Crippen LogP contribution in [0.1, 0.15) is 10.5 Å². The van der Waals surface area contributed by atoms with E-state index in [0.717, 1.165) is 37.7 Å². The molecular formula is C17H17N5OS. The van der Waals surface area contributed by atoms with Crippen molar-refractivity contribution in [1.82, 2.24) is 9.36 Å². The number of hydrogen-bond donors (Lipinski definition) is 1. The molecule has 0 atom stereocenters. The molecule has 7 heteroatoms. The second-order valence-corrected chi connectivity index (χ2v) is 6.54. The maximum Gasteiger partial charge on any atom is 0.267 e. The fraction of sp³-hybridized carbons (Fsp3) is 0.235. The number of carbonyl (C=O) groups excluding carboxylic acids is 1. The molecule has 0 saturated carbocycles. The molecule has 3 aromatic rings. The Bertz CT molecular complexity index is 885. The Labute approximate surface area is 143 Å². The van der Waals surface area contributed by atoms with E-state index in [1.54, 1.807) is 23.8 Å². The minimum atomic E-state index is -0.496. The van der Waals surface area contributed by atoms with Gasteiger partial charge in [-0.25, -0.2) is 0 Å². The number of fused-ring (bicyclic) bond motifs is 1. The van der Waals surface area contributed by atoms with Crippen LogP contribution in [0.25, 0.3) is 10.1 Å². The highest BCUT2D eigenvalue weighted by atomic mass is 32.1. The summed E-state index contributed by atoms with van der Waals surface area (Å²) in [5, 5.41) is 1.22. The molecule has 0 radical (unpaired) electrons. The molecule has 2 aromatic heterocycles. The zero-order valence-electron chi connectivity index (χ0n) is 13.1. The number of anilines is 2. The highest BCUT2D eigenvalue weighted by molar-refractivity contribution is 7.13. The molecule has 1 aliphatic heterocycles. The lowest BCUT2D eigenvalue weighted by atomic mass is 10.2. The molecule has 2 N–H and O–H groups in total. The number of nitrogens with zero attached hydrogens (tertiary/aromatic N) is 4. The maximum absolute atomic E-state index is 11.3. The van der Waals surface area contributed by atoms with E-state index in [2.05, 4.69) is 37.4 Å². The van der Waals surface area contributed by atoms with E-state index >= 15 is 0 Å². The van der Waals surface area contributed by atoms with Crippen molar-refractivity contribution in [3.05, 3.63) is 48.3 Å². The van der Waals surface area contributed by atoms with Gasteiger partial charge in [-0.15, -0.1) is 0 Å². The molecule has 0 spiro atoms. The van der Waals surface area contributed by atoms with Crippen molar-refractivity contribution in [2.75, 3.05) is 36.0 Å². The van der Waals surface area contributed by atoms with E-state index in [9.17, 15) is 4.79 Å². The Hall–Kier alpha value is -2.67. The van der Waals surface area contributed by atoms with E-state index in [0.29, 0.717) is 5.69 Å². The Balaban J connectivity index is 1.51. The van der Waals surface area contributed by atoms with Gasteiger partial charge in [-0.2, -0.15) is 4.37 Å². The molecule has 1 amide bonds. The summed E-state index contributed by atoms with van der Waals surface area (Å²) in [7, 11) is 0. The topological polar surface area (TPSA) is 75.4 Å². The molecule has 3 heterocycles. The van der Waals surface area contributed by atoms with Crippen molar-refractivity contribution in [1.29, 1.82) is 0 Å². The van der Waals surface area contributed by atoms with Crippen molar-refractivity contribution < 1.29 is 4.79 Å². The summed E-state index contributed by atoms with van der Waals surface area (Å²) in [5.74, 6) is 0.576. The van der Waals surface area contributed by atoms with Crippen molar-refractivity contribution >= 4 is 39.0 Å². The van der Waals surface area contributed by atoms with Gasteiger partial charge in [-0.3, -0.25) is 9.78 Å². The molecule has 6 nitrogen and oxygen atoms in total. The van der Waals surface area contributed by atoms with Gasteiger partial charge in [-0.05, 0) is 35.8 Å². The van der Waals surface area contributed by atoms with E-state index < -0.39 is 5.91 Å². The minimum absolute atomic E-state index is 0.306. The first-order valence-corrected chi connectivity index (χ1v) is 8.60.